The molecule has 88 valence electrons. The molecule has 1 aliphatic carbocycles. The van der Waals surface area contributed by atoms with Crippen LogP contribution in [0.4, 0.5) is 0 Å². The minimum absolute atomic E-state index is 0.00129. The van der Waals surface area contributed by atoms with Crippen molar-refractivity contribution in [2.75, 3.05) is 7.11 Å². The summed E-state index contributed by atoms with van der Waals surface area (Å²) in [5.41, 5.74) is 8.94. The second kappa shape index (κ2) is 3.86. The average Bonchev–Trinajstić information content (AvgIpc) is 2.99. The molecule has 0 aromatic heterocycles. The molecular formula is C14H21NO. The lowest BCUT2D eigenvalue weighted by Gasteiger charge is -2.32. The number of nitrogens with two attached hydrogens (primary N) is 1. The van der Waals surface area contributed by atoms with E-state index in [9.17, 15) is 0 Å². The summed E-state index contributed by atoms with van der Waals surface area (Å²) in [4.78, 5) is 0. The Hall–Kier alpha value is -0.860. The molecule has 0 amide bonds. The number of benzene rings is 1. The Labute approximate surface area is 97.8 Å². The van der Waals surface area contributed by atoms with Crippen LogP contribution >= 0.6 is 0 Å². The molecule has 1 saturated carbocycles. The van der Waals surface area contributed by atoms with Gasteiger partial charge < -0.3 is 10.5 Å². The Morgan fingerprint density at radius 1 is 1.38 bits per heavy atom. The number of methoxy groups -OCH3 is 1. The van der Waals surface area contributed by atoms with Crippen molar-refractivity contribution in [2.45, 2.75) is 44.2 Å². The van der Waals surface area contributed by atoms with E-state index in [-0.39, 0.29) is 11.0 Å². The molecule has 1 fully saturated rings. The van der Waals surface area contributed by atoms with Crippen molar-refractivity contribution in [3.63, 3.8) is 0 Å². The maximum absolute atomic E-state index is 6.35. The Balaban J connectivity index is 2.29. The monoisotopic (exact) mass is 219 g/mol. The highest BCUT2D eigenvalue weighted by Gasteiger charge is 2.51. The van der Waals surface area contributed by atoms with Crippen molar-refractivity contribution in [1.82, 2.24) is 0 Å². The van der Waals surface area contributed by atoms with Crippen molar-refractivity contribution < 1.29 is 4.74 Å². The van der Waals surface area contributed by atoms with Crippen LogP contribution in [0.1, 0.15) is 37.8 Å². The fourth-order valence-electron chi connectivity index (χ4n) is 2.26. The van der Waals surface area contributed by atoms with Crippen LogP contribution in [0.3, 0.4) is 0 Å². The fourth-order valence-corrected chi connectivity index (χ4v) is 2.26. The van der Waals surface area contributed by atoms with Crippen LogP contribution in [0.15, 0.2) is 24.3 Å². The van der Waals surface area contributed by atoms with Crippen molar-refractivity contribution in [2.24, 2.45) is 5.73 Å². The Bertz CT molecular complexity index is 380. The summed E-state index contributed by atoms with van der Waals surface area (Å²) in [7, 11) is 1.73. The SMILES string of the molecule is COCc1cccc(C(C)(C)C2(N)CC2)c1. The van der Waals surface area contributed by atoms with E-state index >= 15 is 0 Å². The van der Waals surface area contributed by atoms with E-state index in [0.29, 0.717) is 6.61 Å². The van der Waals surface area contributed by atoms with Gasteiger partial charge in [-0.3, -0.25) is 0 Å². The van der Waals surface area contributed by atoms with Crippen LogP contribution in [0.25, 0.3) is 0 Å². The Kier molecular flexibility index (Phi) is 2.81. The minimum Gasteiger partial charge on any atom is -0.380 e. The largest absolute Gasteiger partial charge is 0.380 e. The summed E-state index contributed by atoms with van der Waals surface area (Å²) < 4.78 is 5.17. The van der Waals surface area contributed by atoms with Gasteiger partial charge in [-0.15, -0.1) is 0 Å². The summed E-state index contributed by atoms with van der Waals surface area (Å²) in [6, 6.07) is 8.58. The zero-order valence-corrected chi connectivity index (χ0v) is 10.4. The second-order valence-electron chi connectivity index (χ2n) is 5.41. The standard InChI is InChI=1S/C14H21NO/c1-13(2,14(15)7-8-14)12-6-4-5-11(9-12)10-16-3/h4-6,9H,7-8,10,15H2,1-3H3. The van der Waals surface area contributed by atoms with Crippen LogP contribution in [-0.4, -0.2) is 12.6 Å². The highest BCUT2D eigenvalue weighted by Crippen LogP contribution is 2.49. The van der Waals surface area contributed by atoms with Gasteiger partial charge in [-0.1, -0.05) is 38.1 Å². The lowest BCUT2D eigenvalue weighted by atomic mass is 9.75. The molecule has 0 saturated heterocycles. The molecule has 0 atom stereocenters. The summed E-state index contributed by atoms with van der Waals surface area (Å²) in [5.74, 6) is 0. The summed E-state index contributed by atoms with van der Waals surface area (Å²) >= 11 is 0. The molecule has 1 aliphatic rings. The van der Waals surface area contributed by atoms with E-state index in [1.165, 1.54) is 11.1 Å². The fraction of sp³-hybridized carbons (Fsp3) is 0.571. The average molecular weight is 219 g/mol. The number of hydrogen-bond acceptors (Lipinski definition) is 2. The highest BCUT2D eigenvalue weighted by atomic mass is 16.5. The zero-order valence-electron chi connectivity index (χ0n) is 10.4. The summed E-state index contributed by atoms with van der Waals surface area (Å²) in [6.07, 6.45) is 2.27. The van der Waals surface area contributed by atoms with Crippen molar-refractivity contribution >= 4 is 0 Å². The zero-order chi connectivity index (χ0) is 11.8. The predicted molar refractivity (Wildman–Crippen MR) is 66.3 cm³/mol. The lowest BCUT2D eigenvalue weighted by molar-refractivity contribution is 0.184. The van der Waals surface area contributed by atoms with Gasteiger partial charge in [-0.05, 0) is 24.0 Å². The van der Waals surface area contributed by atoms with Crippen LogP contribution in [0.5, 0.6) is 0 Å². The van der Waals surface area contributed by atoms with Gasteiger partial charge >= 0.3 is 0 Å². The van der Waals surface area contributed by atoms with Crippen molar-refractivity contribution in [1.29, 1.82) is 0 Å². The molecule has 0 bridgehead atoms. The molecule has 2 N–H and O–H groups in total. The molecule has 0 aliphatic heterocycles. The first-order chi connectivity index (χ1) is 7.49. The normalized spacial score (nSPS) is 18.5. The van der Waals surface area contributed by atoms with Crippen molar-refractivity contribution in [3.8, 4) is 0 Å². The molecule has 0 unspecified atom stereocenters. The minimum atomic E-state index is -0.00129. The molecule has 0 radical (unpaired) electrons. The van der Waals surface area contributed by atoms with Gasteiger partial charge in [0.15, 0.2) is 0 Å². The van der Waals surface area contributed by atoms with E-state index in [1.54, 1.807) is 7.11 Å². The molecule has 16 heavy (non-hydrogen) atoms. The molecule has 1 aromatic carbocycles. The third kappa shape index (κ3) is 1.87. The molecule has 2 rings (SSSR count). The van der Waals surface area contributed by atoms with E-state index < -0.39 is 0 Å². The van der Waals surface area contributed by atoms with Gasteiger partial charge in [0.25, 0.3) is 0 Å². The summed E-state index contributed by atoms with van der Waals surface area (Å²) in [5, 5.41) is 0. The van der Waals surface area contributed by atoms with Crippen LogP contribution in [0.2, 0.25) is 0 Å². The van der Waals surface area contributed by atoms with Gasteiger partial charge in [0.1, 0.15) is 0 Å². The molecule has 0 spiro atoms. The molecule has 2 heteroatoms. The number of ether oxygens (including phenoxy) is 1. The van der Waals surface area contributed by atoms with E-state index in [0.717, 1.165) is 12.8 Å². The first-order valence-corrected chi connectivity index (χ1v) is 5.87. The van der Waals surface area contributed by atoms with E-state index in [4.69, 9.17) is 10.5 Å². The first-order valence-electron chi connectivity index (χ1n) is 5.87. The maximum atomic E-state index is 6.35. The maximum Gasteiger partial charge on any atom is 0.0713 e. The molecule has 2 nitrogen and oxygen atoms in total. The Morgan fingerprint density at radius 3 is 2.62 bits per heavy atom. The molecule has 1 aromatic rings. The van der Waals surface area contributed by atoms with Gasteiger partial charge in [0.05, 0.1) is 6.61 Å². The van der Waals surface area contributed by atoms with E-state index in [1.807, 2.05) is 0 Å². The smallest absolute Gasteiger partial charge is 0.0713 e. The number of hydrogen-bond donors (Lipinski definition) is 1. The first kappa shape index (κ1) is 11.6. The molecule has 0 heterocycles. The molecular weight excluding hydrogens is 198 g/mol. The van der Waals surface area contributed by atoms with Crippen LogP contribution in [-0.2, 0) is 16.8 Å². The predicted octanol–water partition coefficient (Wildman–Crippen LogP) is 2.60. The third-order valence-electron chi connectivity index (χ3n) is 3.99. The van der Waals surface area contributed by atoms with E-state index in [2.05, 4.69) is 38.1 Å². The quantitative estimate of drug-likeness (QED) is 0.844. The highest BCUT2D eigenvalue weighted by molar-refractivity contribution is 5.35. The topological polar surface area (TPSA) is 35.2 Å². The van der Waals surface area contributed by atoms with Gasteiger partial charge in [0.2, 0.25) is 0 Å². The van der Waals surface area contributed by atoms with Crippen molar-refractivity contribution in [3.05, 3.63) is 35.4 Å². The third-order valence-corrected chi connectivity index (χ3v) is 3.99. The van der Waals surface area contributed by atoms with Gasteiger partial charge in [-0.25, -0.2) is 0 Å². The number of rotatable bonds is 4. The summed E-state index contributed by atoms with van der Waals surface area (Å²) in [6.45, 7) is 5.15. The van der Waals surface area contributed by atoms with Crippen LogP contribution < -0.4 is 5.73 Å². The lowest BCUT2D eigenvalue weighted by Crippen LogP contribution is -2.43. The van der Waals surface area contributed by atoms with Gasteiger partial charge in [0, 0.05) is 18.1 Å². The van der Waals surface area contributed by atoms with Gasteiger partial charge in [-0.2, -0.15) is 0 Å². The van der Waals surface area contributed by atoms with Crippen LogP contribution in [0, 0.1) is 0 Å². The Morgan fingerprint density at radius 2 is 2.06 bits per heavy atom. The second-order valence-corrected chi connectivity index (χ2v) is 5.41.